The van der Waals surface area contributed by atoms with E-state index in [4.69, 9.17) is 0 Å². The average Bonchev–Trinajstić information content (AvgIpc) is 3.11. The molecule has 1 amide bonds. The van der Waals surface area contributed by atoms with Gasteiger partial charge in [0, 0.05) is 19.0 Å². The van der Waals surface area contributed by atoms with Gasteiger partial charge in [0.05, 0.1) is 12.2 Å². The van der Waals surface area contributed by atoms with Crippen LogP contribution in [0.25, 0.3) is 0 Å². The van der Waals surface area contributed by atoms with Crippen molar-refractivity contribution in [2.24, 2.45) is 5.92 Å². The molecular weight excluding hydrogens is 230 g/mol. The van der Waals surface area contributed by atoms with E-state index in [1.807, 2.05) is 30.3 Å². The Morgan fingerprint density at radius 2 is 1.72 bits per heavy atom. The second-order valence-corrected chi connectivity index (χ2v) is 5.24. The van der Waals surface area contributed by atoms with Gasteiger partial charge in [0.2, 0.25) is 5.91 Å². The van der Waals surface area contributed by atoms with Crippen molar-refractivity contribution in [3.05, 3.63) is 35.9 Å². The van der Waals surface area contributed by atoms with Crippen LogP contribution in [0.5, 0.6) is 0 Å². The molecule has 2 unspecified atom stereocenters. The molecule has 1 heterocycles. The Hall–Kier alpha value is -1.39. The molecule has 0 spiro atoms. The van der Waals surface area contributed by atoms with E-state index in [1.54, 1.807) is 4.90 Å². The van der Waals surface area contributed by atoms with Crippen LogP contribution in [0, 0.1) is 5.92 Å². The van der Waals surface area contributed by atoms with E-state index in [2.05, 4.69) is 0 Å². The topological polar surface area (TPSA) is 60.8 Å². The van der Waals surface area contributed by atoms with Crippen LogP contribution in [0.2, 0.25) is 0 Å². The molecule has 4 atom stereocenters. The van der Waals surface area contributed by atoms with E-state index in [-0.39, 0.29) is 24.9 Å². The Balaban J connectivity index is 1.63. The van der Waals surface area contributed by atoms with Crippen molar-refractivity contribution < 1.29 is 15.0 Å². The van der Waals surface area contributed by atoms with Gasteiger partial charge in [0.25, 0.3) is 0 Å². The lowest BCUT2D eigenvalue weighted by atomic mass is 10.1. The summed E-state index contributed by atoms with van der Waals surface area (Å²) in [6.45, 7) is 0.524. The maximum Gasteiger partial charge on any atom is 0.226 e. The Kier molecular flexibility index (Phi) is 2.84. The summed E-state index contributed by atoms with van der Waals surface area (Å²) in [5.41, 5.74) is 1.20. The number of carbonyl (C=O) groups excluding carboxylic acids is 1. The molecule has 0 bridgehead atoms. The lowest BCUT2D eigenvalue weighted by molar-refractivity contribution is -0.132. The molecule has 2 aliphatic rings. The number of carbonyl (C=O) groups is 1. The van der Waals surface area contributed by atoms with Crippen molar-refractivity contribution >= 4 is 5.91 Å². The summed E-state index contributed by atoms with van der Waals surface area (Å²) in [7, 11) is 0. The van der Waals surface area contributed by atoms with Gasteiger partial charge in [-0.25, -0.2) is 0 Å². The molecule has 4 nitrogen and oxygen atoms in total. The molecular formula is C14H17NO3. The average molecular weight is 247 g/mol. The normalized spacial score (nSPS) is 34.7. The standard InChI is InChI=1S/C14H17NO3/c16-12-7-15(8-13(12)17)14(18)11-6-10(11)9-4-2-1-3-5-9/h1-5,10-13,16-17H,6-8H2/t10?,11?,12-,13+. The van der Waals surface area contributed by atoms with E-state index < -0.39 is 12.2 Å². The van der Waals surface area contributed by atoms with Gasteiger partial charge in [0.1, 0.15) is 0 Å². The summed E-state index contributed by atoms with van der Waals surface area (Å²) in [4.78, 5) is 13.8. The highest BCUT2D eigenvalue weighted by molar-refractivity contribution is 5.83. The van der Waals surface area contributed by atoms with E-state index in [0.29, 0.717) is 5.92 Å². The molecule has 1 saturated carbocycles. The molecule has 0 radical (unpaired) electrons. The Morgan fingerprint density at radius 3 is 2.33 bits per heavy atom. The number of β-amino-alcohol motifs (C(OH)–C–C–N with tert-alkyl or cyclic N) is 2. The third-order valence-corrected chi connectivity index (χ3v) is 3.91. The van der Waals surface area contributed by atoms with Crippen LogP contribution >= 0.6 is 0 Å². The zero-order chi connectivity index (χ0) is 12.7. The number of aliphatic hydroxyl groups excluding tert-OH is 2. The second-order valence-electron chi connectivity index (χ2n) is 5.24. The van der Waals surface area contributed by atoms with Crippen LogP contribution in [-0.2, 0) is 4.79 Å². The van der Waals surface area contributed by atoms with Crippen LogP contribution in [0.3, 0.4) is 0 Å². The number of likely N-dealkylation sites (tertiary alicyclic amines) is 1. The minimum absolute atomic E-state index is 0.0323. The van der Waals surface area contributed by atoms with Crippen molar-refractivity contribution in [1.82, 2.24) is 4.90 Å². The van der Waals surface area contributed by atoms with Gasteiger partial charge in [-0.3, -0.25) is 4.79 Å². The van der Waals surface area contributed by atoms with Crippen LogP contribution in [-0.4, -0.2) is 46.3 Å². The van der Waals surface area contributed by atoms with Gasteiger partial charge in [-0.2, -0.15) is 0 Å². The highest BCUT2D eigenvalue weighted by Gasteiger charge is 2.47. The first-order valence-corrected chi connectivity index (χ1v) is 6.36. The number of aliphatic hydroxyl groups is 2. The molecule has 1 aliphatic heterocycles. The summed E-state index contributed by atoms with van der Waals surface area (Å²) >= 11 is 0. The number of amides is 1. The fraction of sp³-hybridized carbons (Fsp3) is 0.500. The van der Waals surface area contributed by atoms with Gasteiger partial charge in [0.15, 0.2) is 0 Å². The van der Waals surface area contributed by atoms with Gasteiger partial charge in [-0.05, 0) is 17.9 Å². The molecule has 1 aromatic carbocycles. The quantitative estimate of drug-likeness (QED) is 0.793. The van der Waals surface area contributed by atoms with Gasteiger partial charge >= 0.3 is 0 Å². The largest absolute Gasteiger partial charge is 0.388 e. The van der Waals surface area contributed by atoms with E-state index >= 15 is 0 Å². The molecule has 3 rings (SSSR count). The summed E-state index contributed by atoms with van der Waals surface area (Å²) in [6, 6.07) is 10.0. The Labute approximate surface area is 106 Å². The van der Waals surface area contributed by atoms with Gasteiger partial charge < -0.3 is 15.1 Å². The first-order valence-electron chi connectivity index (χ1n) is 6.36. The summed E-state index contributed by atoms with van der Waals surface area (Å²) in [5.74, 6) is 0.415. The third-order valence-electron chi connectivity index (χ3n) is 3.91. The minimum Gasteiger partial charge on any atom is -0.388 e. The van der Waals surface area contributed by atoms with E-state index in [0.717, 1.165) is 6.42 Å². The summed E-state index contributed by atoms with van der Waals surface area (Å²) in [5, 5.41) is 18.9. The van der Waals surface area contributed by atoms with Crippen molar-refractivity contribution in [3.8, 4) is 0 Å². The van der Waals surface area contributed by atoms with Crippen molar-refractivity contribution in [2.45, 2.75) is 24.5 Å². The summed E-state index contributed by atoms with van der Waals surface area (Å²) < 4.78 is 0. The molecule has 1 saturated heterocycles. The van der Waals surface area contributed by atoms with E-state index in [9.17, 15) is 15.0 Å². The first-order chi connectivity index (χ1) is 8.66. The van der Waals surface area contributed by atoms with Crippen LogP contribution in [0.4, 0.5) is 0 Å². The number of nitrogens with zero attached hydrogens (tertiary/aromatic N) is 1. The Bertz CT molecular complexity index is 438. The van der Waals surface area contributed by atoms with E-state index in [1.165, 1.54) is 5.56 Å². The number of hydrogen-bond acceptors (Lipinski definition) is 3. The van der Waals surface area contributed by atoms with Gasteiger partial charge in [-0.1, -0.05) is 30.3 Å². The predicted molar refractivity (Wildman–Crippen MR) is 65.9 cm³/mol. The number of rotatable bonds is 2. The number of hydrogen-bond donors (Lipinski definition) is 2. The molecule has 0 aromatic heterocycles. The second kappa shape index (κ2) is 4.37. The lowest BCUT2D eigenvalue weighted by Crippen LogP contribution is -2.31. The summed E-state index contributed by atoms with van der Waals surface area (Å²) in [6.07, 6.45) is -0.698. The fourth-order valence-electron chi connectivity index (χ4n) is 2.72. The zero-order valence-electron chi connectivity index (χ0n) is 10.1. The molecule has 18 heavy (non-hydrogen) atoms. The highest BCUT2D eigenvalue weighted by Crippen LogP contribution is 2.48. The highest BCUT2D eigenvalue weighted by atomic mass is 16.3. The monoisotopic (exact) mass is 247 g/mol. The molecule has 2 N–H and O–H groups in total. The Morgan fingerprint density at radius 1 is 1.11 bits per heavy atom. The predicted octanol–water partition coefficient (Wildman–Crippen LogP) is 0.354. The maximum absolute atomic E-state index is 12.2. The molecule has 2 fully saturated rings. The number of benzene rings is 1. The van der Waals surface area contributed by atoms with Crippen LogP contribution in [0.15, 0.2) is 30.3 Å². The van der Waals surface area contributed by atoms with Crippen molar-refractivity contribution in [2.75, 3.05) is 13.1 Å². The molecule has 96 valence electrons. The molecule has 1 aliphatic carbocycles. The van der Waals surface area contributed by atoms with Crippen LogP contribution < -0.4 is 0 Å². The SMILES string of the molecule is O=C(C1CC1c1ccccc1)N1C[C@@H](O)[C@@H](O)C1. The van der Waals surface area contributed by atoms with Crippen LogP contribution in [0.1, 0.15) is 17.9 Å². The minimum atomic E-state index is -0.789. The zero-order valence-corrected chi connectivity index (χ0v) is 10.1. The first kappa shape index (κ1) is 11.7. The fourth-order valence-corrected chi connectivity index (χ4v) is 2.72. The molecule has 4 heteroatoms. The smallest absolute Gasteiger partial charge is 0.226 e. The maximum atomic E-state index is 12.2. The van der Waals surface area contributed by atoms with Crippen molar-refractivity contribution in [3.63, 3.8) is 0 Å². The lowest BCUT2D eigenvalue weighted by Gasteiger charge is -2.15. The van der Waals surface area contributed by atoms with Gasteiger partial charge in [-0.15, -0.1) is 0 Å². The third kappa shape index (κ3) is 2.02. The molecule has 1 aromatic rings. The van der Waals surface area contributed by atoms with Crippen molar-refractivity contribution in [1.29, 1.82) is 0 Å².